The fraction of sp³-hybridized carbons (Fsp3) is 0.538. The van der Waals surface area contributed by atoms with Gasteiger partial charge in [-0.3, -0.25) is 0 Å². The SMILES string of the molecule is CC(Cl)CC(C)(C)Cc1ccccc1. The summed E-state index contributed by atoms with van der Waals surface area (Å²) in [4.78, 5) is 0. The van der Waals surface area contributed by atoms with Crippen molar-refractivity contribution in [2.45, 2.75) is 39.0 Å². The zero-order chi connectivity index (χ0) is 10.6. The van der Waals surface area contributed by atoms with Gasteiger partial charge in [0.25, 0.3) is 0 Å². The summed E-state index contributed by atoms with van der Waals surface area (Å²) in [6, 6.07) is 10.6. The molecule has 0 fully saturated rings. The Hall–Kier alpha value is -0.490. The van der Waals surface area contributed by atoms with Gasteiger partial charge >= 0.3 is 0 Å². The fourth-order valence-corrected chi connectivity index (χ4v) is 2.40. The van der Waals surface area contributed by atoms with Crippen molar-refractivity contribution in [1.82, 2.24) is 0 Å². The molecule has 0 spiro atoms. The van der Waals surface area contributed by atoms with Gasteiger partial charge in [0.15, 0.2) is 0 Å². The maximum Gasteiger partial charge on any atom is 0.0313 e. The molecule has 0 saturated heterocycles. The first-order valence-corrected chi connectivity index (χ1v) is 5.61. The molecule has 0 bridgehead atoms. The lowest BCUT2D eigenvalue weighted by Crippen LogP contribution is -2.18. The van der Waals surface area contributed by atoms with E-state index in [1.54, 1.807) is 0 Å². The van der Waals surface area contributed by atoms with Gasteiger partial charge in [0.05, 0.1) is 0 Å². The van der Waals surface area contributed by atoms with E-state index < -0.39 is 0 Å². The molecular weight excluding hydrogens is 192 g/mol. The van der Waals surface area contributed by atoms with E-state index in [0.29, 0.717) is 5.41 Å². The van der Waals surface area contributed by atoms with Gasteiger partial charge in [-0.15, -0.1) is 11.6 Å². The minimum absolute atomic E-state index is 0.258. The predicted octanol–water partition coefficient (Wildman–Crippen LogP) is 4.27. The smallest absolute Gasteiger partial charge is 0.0313 e. The number of halogens is 1. The predicted molar refractivity (Wildman–Crippen MR) is 63.9 cm³/mol. The largest absolute Gasteiger partial charge is 0.123 e. The number of hydrogen-bond donors (Lipinski definition) is 0. The van der Waals surface area contributed by atoms with E-state index in [1.165, 1.54) is 5.56 Å². The van der Waals surface area contributed by atoms with Crippen molar-refractivity contribution in [2.24, 2.45) is 5.41 Å². The molecule has 0 nitrogen and oxygen atoms in total. The highest BCUT2D eigenvalue weighted by Gasteiger charge is 2.20. The van der Waals surface area contributed by atoms with Gasteiger partial charge in [-0.05, 0) is 30.7 Å². The van der Waals surface area contributed by atoms with Crippen LogP contribution >= 0.6 is 11.6 Å². The lowest BCUT2D eigenvalue weighted by atomic mass is 9.82. The van der Waals surface area contributed by atoms with Gasteiger partial charge in [0, 0.05) is 5.38 Å². The molecule has 1 aromatic carbocycles. The lowest BCUT2D eigenvalue weighted by Gasteiger charge is -2.25. The third-order valence-electron chi connectivity index (χ3n) is 2.36. The number of benzene rings is 1. The molecule has 0 N–H and O–H groups in total. The summed E-state index contributed by atoms with van der Waals surface area (Å²) in [5.74, 6) is 0. The van der Waals surface area contributed by atoms with Crippen molar-refractivity contribution < 1.29 is 0 Å². The number of alkyl halides is 1. The van der Waals surface area contributed by atoms with E-state index in [1.807, 2.05) is 0 Å². The van der Waals surface area contributed by atoms with Gasteiger partial charge in [-0.25, -0.2) is 0 Å². The maximum absolute atomic E-state index is 6.03. The van der Waals surface area contributed by atoms with Crippen molar-refractivity contribution in [3.05, 3.63) is 35.9 Å². The molecule has 0 radical (unpaired) electrons. The molecule has 1 atom stereocenters. The van der Waals surface area contributed by atoms with E-state index in [0.717, 1.165) is 12.8 Å². The summed E-state index contributed by atoms with van der Waals surface area (Å²) in [6.07, 6.45) is 2.16. The van der Waals surface area contributed by atoms with Crippen LogP contribution in [0, 0.1) is 5.41 Å². The monoisotopic (exact) mass is 210 g/mol. The van der Waals surface area contributed by atoms with Gasteiger partial charge < -0.3 is 0 Å². The van der Waals surface area contributed by atoms with E-state index in [2.05, 4.69) is 51.1 Å². The van der Waals surface area contributed by atoms with Crippen LogP contribution in [-0.4, -0.2) is 5.38 Å². The topological polar surface area (TPSA) is 0 Å². The minimum Gasteiger partial charge on any atom is -0.123 e. The molecule has 0 aliphatic rings. The van der Waals surface area contributed by atoms with Crippen LogP contribution in [0.4, 0.5) is 0 Å². The first-order valence-electron chi connectivity index (χ1n) is 5.18. The van der Waals surface area contributed by atoms with Crippen LogP contribution in [0.3, 0.4) is 0 Å². The summed E-state index contributed by atoms with van der Waals surface area (Å²) >= 11 is 6.03. The number of rotatable bonds is 4. The van der Waals surface area contributed by atoms with Crippen LogP contribution in [0.15, 0.2) is 30.3 Å². The zero-order valence-electron chi connectivity index (χ0n) is 9.26. The fourth-order valence-electron chi connectivity index (χ4n) is 1.98. The Labute approximate surface area is 92.3 Å². The molecule has 0 aromatic heterocycles. The van der Waals surface area contributed by atoms with Crippen LogP contribution in [-0.2, 0) is 6.42 Å². The van der Waals surface area contributed by atoms with E-state index in [9.17, 15) is 0 Å². The standard InChI is InChI=1S/C13H19Cl/c1-11(14)9-13(2,3)10-12-7-5-4-6-8-12/h4-8,11H,9-10H2,1-3H3. The average Bonchev–Trinajstić information content (AvgIpc) is 2.02. The number of hydrogen-bond acceptors (Lipinski definition) is 0. The average molecular weight is 211 g/mol. The minimum atomic E-state index is 0.258. The summed E-state index contributed by atoms with van der Waals surface area (Å²) in [5, 5.41) is 0.258. The quantitative estimate of drug-likeness (QED) is 0.651. The molecule has 0 aliphatic heterocycles. The van der Waals surface area contributed by atoms with Crippen molar-refractivity contribution in [3.63, 3.8) is 0 Å². The van der Waals surface area contributed by atoms with Gasteiger partial charge in [-0.1, -0.05) is 44.2 Å². The molecule has 1 heteroatoms. The van der Waals surface area contributed by atoms with Gasteiger partial charge in [-0.2, -0.15) is 0 Å². The Bertz CT molecular complexity index is 262. The highest BCUT2D eigenvalue weighted by atomic mass is 35.5. The molecule has 0 aliphatic carbocycles. The van der Waals surface area contributed by atoms with Crippen molar-refractivity contribution in [3.8, 4) is 0 Å². The van der Waals surface area contributed by atoms with E-state index in [4.69, 9.17) is 11.6 Å². The zero-order valence-corrected chi connectivity index (χ0v) is 10.0. The Balaban J connectivity index is 2.59. The molecule has 1 aromatic rings. The second-order valence-electron chi connectivity index (χ2n) is 4.81. The van der Waals surface area contributed by atoms with Gasteiger partial charge in [0.2, 0.25) is 0 Å². The van der Waals surface area contributed by atoms with Crippen LogP contribution in [0.1, 0.15) is 32.8 Å². The summed E-state index contributed by atoms with van der Waals surface area (Å²) < 4.78 is 0. The first kappa shape index (κ1) is 11.6. The highest BCUT2D eigenvalue weighted by Crippen LogP contribution is 2.28. The Morgan fingerprint density at radius 1 is 1.21 bits per heavy atom. The summed E-state index contributed by atoms with van der Waals surface area (Å²) in [5.41, 5.74) is 1.69. The van der Waals surface area contributed by atoms with Crippen LogP contribution < -0.4 is 0 Å². The highest BCUT2D eigenvalue weighted by molar-refractivity contribution is 6.20. The van der Waals surface area contributed by atoms with Crippen molar-refractivity contribution in [2.75, 3.05) is 0 Å². The lowest BCUT2D eigenvalue weighted by molar-refractivity contribution is 0.331. The van der Waals surface area contributed by atoms with Crippen molar-refractivity contribution in [1.29, 1.82) is 0 Å². The molecule has 0 amide bonds. The molecule has 0 heterocycles. The summed E-state index contributed by atoms with van der Waals surface area (Å²) in [7, 11) is 0. The molecule has 78 valence electrons. The van der Waals surface area contributed by atoms with E-state index >= 15 is 0 Å². The summed E-state index contributed by atoms with van der Waals surface area (Å²) in [6.45, 7) is 6.62. The van der Waals surface area contributed by atoms with Crippen LogP contribution in [0.2, 0.25) is 0 Å². The molecule has 1 unspecified atom stereocenters. The molecule has 14 heavy (non-hydrogen) atoms. The molecule has 1 rings (SSSR count). The maximum atomic E-state index is 6.03. The van der Waals surface area contributed by atoms with Crippen LogP contribution in [0.25, 0.3) is 0 Å². The Morgan fingerprint density at radius 2 is 1.79 bits per heavy atom. The van der Waals surface area contributed by atoms with Crippen LogP contribution in [0.5, 0.6) is 0 Å². The third-order valence-corrected chi connectivity index (χ3v) is 2.51. The second kappa shape index (κ2) is 4.84. The molecular formula is C13H19Cl. The van der Waals surface area contributed by atoms with E-state index in [-0.39, 0.29) is 5.38 Å². The first-order chi connectivity index (χ1) is 6.49. The van der Waals surface area contributed by atoms with Gasteiger partial charge in [0.1, 0.15) is 0 Å². The van der Waals surface area contributed by atoms with Crippen molar-refractivity contribution >= 4 is 11.6 Å². The normalized spacial score (nSPS) is 14.0. The Morgan fingerprint density at radius 3 is 2.29 bits per heavy atom. The second-order valence-corrected chi connectivity index (χ2v) is 5.56. The molecule has 0 saturated carbocycles. The Kier molecular flexibility index (Phi) is 4.00. The third kappa shape index (κ3) is 4.15.